The molecule has 0 aromatic rings. The van der Waals surface area contributed by atoms with E-state index in [1.807, 2.05) is 0 Å². The first-order chi connectivity index (χ1) is 16.4. The molecule has 0 aromatic heterocycles. The second-order valence-corrected chi connectivity index (χ2v) is 10.3. The number of fused-ring (bicyclic) bond motifs is 2. The van der Waals surface area contributed by atoms with E-state index < -0.39 is 71.9 Å². The quantitative estimate of drug-likeness (QED) is 0.250. The maximum Gasteiger partial charge on any atom is 0.248 e. The summed E-state index contributed by atoms with van der Waals surface area (Å²) in [6.45, 7) is 6.49. The molecule has 1 saturated carbocycles. The van der Waals surface area contributed by atoms with E-state index in [2.05, 4.69) is 21.3 Å². The molecule has 196 valence electrons. The Morgan fingerprint density at radius 3 is 2.17 bits per heavy atom. The molecule has 0 bridgehead atoms. The molecule has 2 saturated heterocycles. The van der Waals surface area contributed by atoms with Gasteiger partial charge in [0.05, 0.1) is 12.0 Å². The Morgan fingerprint density at radius 2 is 1.54 bits per heavy atom. The van der Waals surface area contributed by atoms with E-state index in [1.54, 1.807) is 13.8 Å². The topological polar surface area (TPSA) is 183 Å². The van der Waals surface area contributed by atoms with Crippen molar-refractivity contribution in [3.8, 4) is 0 Å². The lowest BCUT2D eigenvalue weighted by atomic mass is 9.98. The molecule has 2 aliphatic heterocycles. The zero-order valence-corrected chi connectivity index (χ0v) is 20.7. The van der Waals surface area contributed by atoms with Crippen LogP contribution in [-0.4, -0.2) is 88.4 Å². The Bertz CT molecular complexity index is 863. The van der Waals surface area contributed by atoms with Gasteiger partial charge >= 0.3 is 0 Å². The first kappa shape index (κ1) is 26.9. The lowest BCUT2D eigenvalue weighted by Gasteiger charge is -2.33. The van der Waals surface area contributed by atoms with Crippen LogP contribution < -0.4 is 27.0 Å². The second kappa shape index (κ2) is 10.9. The number of hydrogen-bond donors (Lipinski definition) is 6. The van der Waals surface area contributed by atoms with Gasteiger partial charge in [0, 0.05) is 18.6 Å². The highest BCUT2D eigenvalue weighted by molar-refractivity contribution is 5.97. The molecule has 3 aliphatic rings. The van der Waals surface area contributed by atoms with Crippen LogP contribution in [0.5, 0.6) is 0 Å². The lowest BCUT2D eigenvalue weighted by Crippen LogP contribution is -2.62. The minimum atomic E-state index is -1.34. The van der Waals surface area contributed by atoms with E-state index in [9.17, 15) is 29.1 Å². The summed E-state index contributed by atoms with van der Waals surface area (Å²) < 4.78 is 0. The number of nitrogens with one attached hydrogen (secondary N) is 4. The zero-order valence-electron chi connectivity index (χ0n) is 20.7. The number of aliphatic hydroxyl groups is 1. The van der Waals surface area contributed by atoms with Crippen LogP contribution >= 0.6 is 0 Å². The Balaban J connectivity index is 1.97. The van der Waals surface area contributed by atoms with E-state index in [4.69, 9.17) is 5.73 Å². The van der Waals surface area contributed by atoms with Gasteiger partial charge in [-0.2, -0.15) is 0 Å². The number of hydrogen-bond acceptors (Lipinski definition) is 7. The summed E-state index contributed by atoms with van der Waals surface area (Å²) in [6.07, 6.45) is 0.802. The van der Waals surface area contributed by atoms with Crippen LogP contribution in [0.3, 0.4) is 0 Å². The Hall–Kier alpha value is -2.73. The summed E-state index contributed by atoms with van der Waals surface area (Å²) in [5.74, 6) is -3.45. The largest absolute Gasteiger partial charge is 0.391 e. The molecule has 2 heterocycles. The molecule has 0 aromatic carbocycles. The standard InChI is InChI=1S/C23H38N6O6/c1-10(2)17-22(34)28-18(12(4)30)23(35)29-9-13(24)8-16(29)21(33)25-11(3)19(31)26-15-7-5-6-14(15)20(32)27-17/h10-18,30H,5-9,24H2,1-4H3,(H,25,33)(H,26,31)(H,27,32)(H,28,34)/t11-,12+,13-,14-,15-,16-,17+,18-/m0/s1. The summed E-state index contributed by atoms with van der Waals surface area (Å²) in [6, 6.07) is -5.04. The molecule has 35 heavy (non-hydrogen) atoms. The number of carbonyl (C=O) groups is 5. The zero-order chi connectivity index (χ0) is 26.0. The number of nitrogens with two attached hydrogens (primary N) is 1. The van der Waals surface area contributed by atoms with E-state index in [0.29, 0.717) is 12.8 Å². The van der Waals surface area contributed by atoms with Crippen LogP contribution in [0.2, 0.25) is 0 Å². The average molecular weight is 495 g/mol. The van der Waals surface area contributed by atoms with Gasteiger partial charge in [0.15, 0.2) is 0 Å². The van der Waals surface area contributed by atoms with Crippen molar-refractivity contribution in [1.29, 1.82) is 0 Å². The summed E-state index contributed by atoms with van der Waals surface area (Å²) in [5.41, 5.74) is 6.05. The molecule has 0 spiro atoms. The summed E-state index contributed by atoms with van der Waals surface area (Å²) in [7, 11) is 0. The van der Waals surface area contributed by atoms with Crippen molar-refractivity contribution < 1.29 is 29.1 Å². The minimum Gasteiger partial charge on any atom is -0.391 e. The highest BCUT2D eigenvalue weighted by atomic mass is 16.3. The third kappa shape index (κ3) is 5.92. The number of aliphatic hydroxyl groups excluding tert-OH is 1. The van der Waals surface area contributed by atoms with Gasteiger partial charge in [-0.15, -0.1) is 0 Å². The molecule has 3 fully saturated rings. The first-order valence-corrected chi connectivity index (χ1v) is 12.4. The third-order valence-electron chi connectivity index (χ3n) is 7.14. The predicted molar refractivity (Wildman–Crippen MR) is 125 cm³/mol. The second-order valence-electron chi connectivity index (χ2n) is 10.3. The van der Waals surface area contributed by atoms with Gasteiger partial charge in [0.2, 0.25) is 29.5 Å². The van der Waals surface area contributed by atoms with Gasteiger partial charge in [0.1, 0.15) is 24.2 Å². The van der Waals surface area contributed by atoms with E-state index >= 15 is 0 Å². The highest BCUT2D eigenvalue weighted by Crippen LogP contribution is 2.27. The van der Waals surface area contributed by atoms with Crippen LogP contribution in [0.1, 0.15) is 53.4 Å². The normalized spacial score (nSPS) is 36.1. The molecule has 1 aliphatic carbocycles. The smallest absolute Gasteiger partial charge is 0.248 e. The Morgan fingerprint density at radius 1 is 0.886 bits per heavy atom. The SMILES string of the molecule is CC(C)[C@H]1NC(=O)[C@H]2CCC[C@@H]2NC(=O)[C@H](C)NC(=O)[C@@H]2C[C@H](N)CN2C(=O)[C@H]([C@@H](C)O)NC1=O. The van der Waals surface area contributed by atoms with Gasteiger partial charge in [-0.05, 0) is 39.0 Å². The molecule has 5 amide bonds. The summed E-state index contributed by atoms with van der Waals surface area (Å²) >= 11 is 0. The maximum absolute atomic E-state index is 13.4. The van der Waals surface area contributed by atoms with Crippen LogP contribution in [-0.2, 0) is 24.0 Å². The molecule has 0 unspecified atom stereocenters. The van der Waals surface area contributed by atoms with Crippen LogP contribution in [0.15, 0.2) is 0 Å². The molecule has 12 nitrogen and oxygen atoms in total. The van der Waals surface area contributed by atoms with Gasteiger partial charge in [-0.3, -0.25) is 24.0 Å². The number of rotatable bonds is 2. The van der Waals surface area contributed by atoms with Crippen LogP contribution in [0, 0.1) is 11.8 Å². The Labute approximate surface area is 205 Å². The summed E-state index contributed by atoms with van der Waals surface area (Å²) in [5, 5.41) is 21.2. The Kier molecular flexibility index (Phi) is 8.37. The first-order valence-electron chi connectivity index (χ1n) is 12.4. The fourth-order valence-electron chi connectivity index (χ4n) is 5.10. The minimum absolute atomic E-state index is 0.0602. The number of carbonyl (C=O) groups excluding carboxylic acids is 5. The molecular weight excluding hydrogens is 456 g/mol. The predicted octanol–water partition coefficient (Wildman–Crippen LogP) is -2.28. The van der Waals surface area contributed by atoms with Gasteiger partial charge < -0.3 is 37.0 Å². The molecule has 12 heteroatoms. The third-order valence-corrected chi connectivity index (χ3v) is 7.14. The number of amides is 5. The average Bonchev–Trinajstić information content (AvgIpc) is 3.40. The van der Waals surface area contributed by atoms with Crippen molar-refractivity contribution in [2.45, 2.75) is 95.7 Å². The fourth-order valence-corrected chi connectivity index (χ4v) is 5.10. The van der Waals surface area contributed by atoms with Crippen molar-refractivity contribution in [3.05, 3.63) is 0 Å². The summed E-state index contributed by atoms with van der Waals surface area (Å²) in [4.78, 5) is 66.8. The van der Waals surface area contributed by atoms with Crippen molar-refractivity contribution in [2.75, 3.05) is 6.54 Å². The van der Waals surface area contributed by atoms with Crippen molar-refractivity contribution in [2.24, 2.45) is 17.6 Å². The van der Waals surface area contributed by atoms with E-state index in [0.717, 1.165) is 6.42 Å². The fraction of sp³-hybridized carbons (Fsp3) is 0.783. The molecule has 8 atom stereocenters. The van der Waals surface area contributed by atoms with Crippen LogP contribution in [0.25, 0.3) is 0 Å². The number of nitrogens with zero attached hydrogens (tertiary/aromatic N) is 1. The van der Waals surface area contributed by atoms with Gasteiger partial charge in [0.25, 0.3) is 0 Å². The van der Waals surface area contributed by atoms with E-state index in [-0.39, 0.29) is 24.8 Å². The maximum atomic E-state index is 13.4. The molecule has 3 rings (SSSR count). The molecular formula is C23H38N6O6. The molecule has 7 N–H and O–H groups in total. The van der Waals surface area contributed by atoms with Crippen molar-refractivity contribution in [1.82, 2.24) is 26.2 Å². The lowest BCUT2D eigenvalue weighted by molar-refractivity contribution is -0.145. The van der Waals surface area contributed by atoms with Crippen molar-refractivity contribution >= 4 is 29.5 Å². The van der Waals surface area contributed by atoms with Gasteiger partial charge in [-0.25, -0.2) is 0 Å². The highest BCUT2D eigenvalue weighted by Gasteiger charge is 2.44. The van der Waals surface area contributed by atoms with Crippen molar-refractivity contribution in [3.63, 3.8) is 0 Å². The van der Waals surface area contributed by atoms with Crippen LogP contribution in [0.4, 0.5) is 0 Å². The van der Waals surface area contributed by atoms with E-state index in [1.165, 1.54) is 18.7 Å². The molecule has 0 radical (unpaired) electrons. The van der Waals surface area contributed by atoms with Gasteiger partial charge in [-0.1, -0.05) is 20.3 Å². The monoisotopic (exact) mass is 494 g/mol.